The Morgan fingerprint density at radius 3 is 3.00 bits per heavy atom. The molecule has 4 rings (SSSR count). The van der Waals surface area contributed by atoms with Crippen LogP contribution >= 0.6 is 11.8 Å². The number of aryl methyl sites for hydroxylation is 1. The number of anilines is 1. The molecule has 1 N–H and O–H groups in total. The fourth-order valence-corrected chi connectivity index (χ4v) is 3.08. The summed E-state index contributed by atoms with van der Waals surface area (Å²) in [6, 6.07) is 8.99. The summed E-state index contributed by atoms with van der Waals surface area (Å²) in [5.74, 6) is 2.24. The van der Waals surface area contributed by atoms with Crippen molar-refractivity contribution in [2.45, 2.75) is 18.4 Å². The summed E-state index contributed by atoms with van der Waals surface area (Å²) in [6.45, 7) is 2.20. The van der Waals surface area contributed by atoms with E-state index < -0.39 is 0 Å². The Balaban J connectivity index is 1.40. The molecule has 1 aliphatic heterocycles. The molecule has 0 bridgehead atoms. The number of rotatable bonds is 5. The third-order valence-electron chi connectivity index (χ3n) is 3.63. The van der Waals surface area contributed by atoms with Gasteiger partial charge >= 0.3 is 0 Å². The summed E-state index contributed by atoms with van der Waals surface area (Å²) in [6.07, 6.45) is 0.743. The first-order valence-electron chi connectivity index (χ1n) is 7.76. The Hall–Kier alpha value is -2.81. The SMILES string of the molecule is CCc1nnc2ccc(SCC(=O)Nc3ccc4c(c3)OCO4)nn12. The van der Waals surface area contributed by atoms with Crippen LogP contribution in [0, 0.1) is 0 Å². The number of aromatic nitrogens is 4. The van der Waals surface area contributed by atoms with E-state index in [0.29, 0.717) is 22.8 Å². The van der Waals surface area contributed by atoms with Gasteiger partial charge in [0.05, 0.1) is 5.75 Å². The minimum absolute atomic E-state index is 0.120. The molecule has 0 atom stereocenters. The summed E-state index contributed by atoms with van der Waals surface area (Å²) in [7, 11) is 0. The Bertz CT molecular complexity index is 943. The van der Waals surface area contributed by atoms with Gasteiger partial charge in [-0.15, -0.1) is 10.2 Å². The lowest BCUT2D eigenvalue weighted by Gasteiger charge is -2.06. The molecular weight excluding hydrogens is 342 g/mol. The topological polar surface area (TPSA) is 90.6 Å². The Morgan fingerprint density at radius 1 is 1.24 bits per heavy atom. The van der Waals surface area contributed by atoms with Crippen molar-refractivity contribution in [1.29, 1.82) is 0 Å². The lowest BCUT2D eigenvalue weighted by atomic mass is 10.3. The van der Waals surface area contributed by atoms with Crippen molar-refractivity contribution in [2.75, 3.05) is 17.9 Å². The maximum Gasteiger partial charge on any atom is 0.234 e. The second-order valence-electron chi connectivity index (χ2n) is 5.32. The van der Waals surface area contributed by atoms with Gasteiger partial charge in [-0.05, 0) is 24.3 Å². The average molecular weight is 357 g/mol. The molecule has 128 valence electrons. The summed E-state index contributed by atoms with van der Waals surface area (Å²) in [4.78, 5) is 12.2. The quantitative estimate of drug-likeness (QED) is 0.700. The van der Waals surface area contributed by atoms with Crippen LogP contribution in [0.2, 0.25) is 0 Å². The Kier molecular flexibility index (Phi) is 4.14. The van der Waals surface area contributed by atoms with Gasteiger partial charge in [0.1, 0.15) is 5.03 Å². The monoisotopic (exact) mass is 357 g/mol. The smallest absolute Gasteiger partial charge is 0.234 e. The van der Waals surface area contributed by atoms with E-state index >= 15 is 0 Å². The highest BCUT2D eigenvalue weighted by atomic mass is 32.2. The van der Waals surface area contributed by atoms with Crippen LogP contribution in [0.4, 0.5) is 5.69 Å². The standard InChI is InChI=1S/C16H15N5O3S/c1-2-13-18-19-14-5-6-16(20-21(13)14)25-8-15(22)17-10-3-4-11-12(7-10)24-9-23-11/h3-7H,2,8-9H2,1H3,(H,17,22). The van der Waals surface area contributed by atoms with Crippen LogP contribution in [0.1, 0.15) is 12.7 Å². The van der Waals surface area contributed by atoms with E-state index in [1.807, 2.05) is 19.1 Å². The molecule has 1 aliphatic rings. The summed E-state index contributed by atoms with van der Waals surface area (Å²) < 4.78 is 12.3. The molecule has 9 heteroatoms. The maximum atomic E-state index is 12.2. The second-order valence-corrected chi connectivity index (χ2v) is 6.31. The molecule has 3 heterocycles. The Labute approximate surface area is 147 Å². The zero-order valence-corrected chi connectivity index (χ0v) is 14.2. The van der Waals surface area contributed by atoms with E-state index in [4.69, 9.17) is 9.47 Å². The number of nitrogens with one attached hydrogen (secondary N) is 1. The van der Waals surface area contributed by atoms with Crippen molar-refractivity contribution < 1.29 is 14.3 Å². The van der Waals surface area contributed by atoms with Crippen molar-refractivity contribution in [3.8, 4) is 11.5 Å². The first-order chi connectivity index (χ1) is 12.2. The van der Waals surface area contributed by atoms with E-state index in [0.717, 1.165) is 17.3 Å². The molecule has 1 aromatic carbocycles. The van der Waals surface area contributed by atoms with Gasteiger partial charge in [0.2, 0.25) is 12.7 Å². The number of amides is 1. The molecule has 0 saturated heterocycles. The van der Waals surface area contributed by atoms with Crippen molar-refractivity contribution in [3.63, 3.8) is 0 Å². The third kappa shape index (κ3) is 3.22. The molecule has 0 radical (unpaired) electrons. The Morgan fingerprint density at radius 2 is 2.12 bits per heavy atom. The molecular formula is C16H15N5O3S. The molecule has 3 aromatic rings. The third-order valence-corrected chi connectivity index (χ3v) is 4.55. The first-order valence-corrected chi connectivity index (χ1v) is 8.75. The number of thioether (sulfide) groups is 1. The molecule has 0 saturated carbocycles. The lowest BCUT2D eigenvalue weighted by Crippen LogP contribution is -2.14. The van der Waals surface area contributed by atoms with E-state index in [2.05, 4.69) is 20.6 Å². The number of hydrogen-bond acceptors (Lipinski definition) is 7. The molecule has 0 unspecified atom stereocenters. The van der Waals surface area contributed by atoms with Crippen LogP contribution in [0.3, 0.4) is 0 Å². The maximum absolute atomic E-state index is 12.2. The van der Waals surface area contributed by atoms with Crippen LogP contribution in [0.5, 0.6) is 11.5 Å². The van der Waals surface area contributed by atoms with Crippen LogP contribution in [-0.2, 0) is 11.2 Å². The number of benzene rings is 1. The minimum Gasteiger partial charge on any atom is -0.454 e. The lowest BCUT2D eigenvalue weighted by molar-refractivity contribution is -0.113. The van der Waals surface area contributed by atoms with Crippen molar-refractivity contribution in [3.05, 3.63) is 36.2 Å². The predicted molar refractivity (Wildman–Crippen MR) is 92.1 cm³/mol. The largest absolute Gasteiger partial charge is 0.454 e. The van der Waals surface area contributed by atoms with Gasteiger partial charge in [-0.25, -0.2) is 0 Å². The van der Waals surface area contributed by atoms with Crippen LogP contribution < -0.4 is 14.8 Å². The highest BCUT2D eigenvalue weighted by molar-refractivity contribution is 7.99. The molecule has 2 aromatic heterocycles. The van der Waals surface area contributed by atoms with Gasteiger partial charge in [-0.3, -0.25) is 4.79 Å². The molecule has 0 aliphatic carbocycles. The van der Waals surface area contributed by atoms with Gasteiger partial charge in [-0.2, -0.15) is 9.61 Å². The van der Waals surface area contributed by atoms with E-state index in [1.165, 1.54) is 11.8 Å². The number of nitrogens with zero attached hydrogens (tertiary/aromatic N) is 4. The summed E-state index contributed by atoms with van der Waals surface area (Å²) in [5.41, 5.74) is 1.37. The normalized spacial score (nSPS) is 12.5. The summed E-state index contributed by atoms with van der Waals surface area (Å²) >= 11 is 1.36. The number of ether oxygens (including phenoxy) is 2. The van der Waals surface area contributed by atoms with Gasteiger partial charge in [0, 0.05) is 18.2 Å². The molecule has 25 heavy (non-hydrogen) atoms. The number of carbonyl (C=O) groups is 1. The fourth-order valence-electron chi connectivity index (χ4n) is 2.42. The number of fused-ring (bicyclic) bond motifs is 2. The summed E-state index contributed by atoms with van der Waals surface area (Å²) in [5, 5.41) is 16.2. The fraction of sp³-hybridized carbons (Fsp3) is 0.250. The minimum atomic E-state index is -0.120. The van der Waals surface area contributed by atoms with Crippen molar-refractivity contribution >= 4 is 29.0 Å². The zero-order chi connectivity index (χ0) is 17.2. The van der Waals surface area contributed by atoms with E-state index in [9.17, 15) is 4.79 Å². The molecule has 0 spiro atoms. The van der Waals surface area contributed by atoms with Crippen LogP contribution in [-0.4, -0.2) is 38.3 Å². The van der Waals surface area contributed by atoms with E-state index in [1.54, 1.807) is 22.7 Å². The first kappa shape index (κ1) is 15.7. The average Bonchev–Trinajstić information content (AvgIpc) is 3.25. The van der Waals surface area contributed by atoms with Crippen LogP contribution in [0.15, 0.2) is 35.4 Å². The van der Waals surface area contributed by atoms with Gasteiger partial charge in [0.25, 0.3) is 0 Å². The number of hydrogen-bond donors (Lipinski definition) is 1. The molecule has 0 fully saturated rings. The highest BCUT2D eigenvalue weighted by Crippen LogP contribution is 2.34. The predicted octanol–water partition coefficient (Wildman–Crippen LogP) is 2.15. The molecule has 8 nitrogen and oxygen atoms in total. The second kappa shape index (κ2) is 6.60. The zero-order valence-electron chi connectivity index (χ0n) is 13.4. The molecule has 1 amide bonds. The van der Waals surface area contributed by atoms with E-state index in [-0.39, 0.29) is 18.5 Å². The van der Waals surface area contributed by atoms with Crippen LogP contribution in [0.25, 0.3) is 5.65 Å². The van der Waals surface area contributed by atoms with Gasteiger partial charge in [-0.1, -0.05) is 18.7 Å². The van der Waals surface area contributed by atoms with Gasteiger partial charge < -0.3 is 14.8 Å². The van der Waals surface area contributed by atoms with Gasteiger partial charge in [0.15, 0.2) is 23.0 Å². The van der Waals surface area contributed by atoms with Crippen molar-refractivity contribution in [1.82, 2.24) is 19.8 Å². The highest BCUT2D eigenvalue weighted by Gasteiger charge is 2.14. The number of carbonyl (C=O) groups excluding carboxylic acids is 1. The van der Waals surface area contributed by atoms with Crippen molar-refractivity contribution in [2.24, 2.45) is 0 Å².